The molecule has 0 spiro atoms. The number of esters is 1. The van der Waals surface area contributed by atoms with Crippen LogP contribution in [0.5, 0.6) is 0 Å². The summed E-state index contributed by atoms with van der Waals surface area (Å²) in [6, 6.07) is 25.6. The Hall–Kier alpha value is -3.93. The number of thiophene rings is 1. The van der Waals surface area contributed by atoms with Crippen LogP contribution in [0.3, 0.4) is 0 Å². The van der Waals surface area contributed by atoms with E-state index < -0.39 is 17.0 Å². The lowest BCUT2D eigenvalue weighted by Crippen LogP contribution is -2.54. The lowest BCUT2D eigenvalue weighted by atomic mass is 10.1. The fourth-order valence-corrected chi connectivity index (χ4v) is 8.76. The van der Waals surface area contributed by atoms with Gasteiger partial charge < -0.3 is 19.0 Å². The second-order valence-corrected chi connectivity index (χ2v) is 14.6. The van der Waals surface area contributed by atoms with E-state index in [0.717, 1.165) is 26.8 Å². The number of nitrogens with zero attached hydrogens (tertiary/aromatic N) is 3. The molecule has 11 heteroatoms. The zero-order chi connectivity index (χ0) is 33.1. The Bertz CT molecular complexity index is 1920. The molecule has 2 aromatic heterocycles. The lowest BCUT2D eigenvalue weighted by Gasteiger charge is -2.42. The molecule has 3 heterocycles. The SMILES string of the molecule is CCOC(=O)c1oc2ccc(S(=O)N(CCc3ccccc3)c3ccccc3N3CCN(C(=O)c4sccc4Br)C[C@@H]3C)cc2c1C. The van der Waals surface area contributed by atoms with Crippen molar-refractivity contribution in [2.45, 2.75) is 38.1 Å². The van der Waals surface area contributed by atoms with E-state index in [1.165, 1.54) is 11.3 Å². The van der Waals surface area contributed by atoms with Gasteiger partial charge in [0.15, 0.2) is 11.0 Å². The van der Waals surface area contributed by atoms with Gasteiger partial charge >= 0.3 is 5.97 Å². The van der Waals surface area contributed by atoms with Crippen molar-refractivity contribution in [3.05, 3.63) is 110 Å². The summed E-state index contributed by atoms with van der Waals surface area (Å²) in [5.74, 6) is -0.316. The first-order valence-corrected chi connectivity index (χ1v) is 18.4. The molecule has 0 saturated carbocycles. The number of ether oxygens (including phenoxy) is 1. The fourth-order valence-electron chi connectivity index (χ4n) is 6.00. The molecule has 5 aromatic rings. The van der Waals surface area contributed by atoms with Crippen molar-refractivity contribution < 1.29 is 23.0 Å². The molecule has 6 rings (SSSR count). The summed E-state index contributed by atoms with van der Waals surface area (Å²) in [6.45, 7) is 8.24. The van der Waals surface area contributed by atoms with Gasteiger partial charge in [0.05, 0.1) is 22.9 Å². The van der Waals surface area contributed by atoms with Gasteiger partial charge in [-0.05, 0) is 90.5 Å². The van der Waals surface area contributed by atoms with Crippen LogP contribution in [0, 0.1) is 6.92 Å². The number of piperazine rings is 1. The molecule has 1 amide bonds. The Morgan fingerprint density at radius 3 is 2.55 bits per heavy atom. The van der Waals surface area contributed by atoms with Crippen LogP contribution in [-0.2, 0) is 22.1 Å². The van der Waals surface area contributed by atoms with E-state index in [2.05, 4.69) is 46.0 Å². The number of fused-ring (bicyclic) bond motifs is 1. The molecule has 0 radical (unpaired) electrons. The molecule has 0 bridgehead atoms. The van der Waals surface area contributed by atoms with Gasteiger partial charge in [0.2, 0.25) is 5.76 Å². The second-order valence-electron chi connectivity index (χ2n) is 11.4. The van der Waals surface area contributed by atoms with Gasteiger partial charge in [-0.25, -0.2) is 9.00 Å². The first-order chi connectivity index (χ1) is 22.8. The predicted molar refractivity (Wildman–Crippen MR) is 192 cm³/mol. The number of rotatable bonds is 10. The number of hydrogen-bond donors (Lipinski definition) is 0. The number of benzene rings is 3. The number of furan rings is 1. The highest BCUT2D eigenvalue weighted by molar-refractivity contribution is 9.10. The summed E-state index contributed by atoms with van der Waals surface area (Å²) in [5.41, 5.74) is 4.16. The zero-order valence-electron chi connectivity index (χ0n) is 26.5. The summed E-state index contributed by atoms with van der Waals surface area (Å²) in [6.07, 6.45) is 0.689. The van der Waals surface area contributed by atoms with E-state index in [1.54, 1.807) is 19.1 Å². The van der Waals surface area contributed by atoms with Crippen LogP contribution in [-0.4, -0.2) is 59.8 Å². The highest BCUT2D eigenvalue weighted by atomic mass is 79.9. The quantitative estimate of drug-likeness (QED) is 0.136. The minimum Gasteiger partial charge on any atom is -0.460 e. The third-order valence-corrected chi connectivity index (χ3v) is 11.7. The Labute approximate surface area is 289 Å². The van der Waals surface area contributed by atoms with Crippen molar-refractivity contribution in [2.24, 2.45) is 0 Å². The molecule has 1 aliphatic rings. The van der Waals surface area contributed by atoms with Crippen molar-refractivity contribution in [3.63, 3.8) is 0 Å². The van der Waals surface area contributed by atoms with Crippen LogP contribution >= 0.6 is 27.3 Å². The molecule has 47 heavy (non-hydrogen) atoms. The zero-order valence-corrected chi connectivity index (χ0v) is 29.7. The number of carbonyl (C=O) groups is 2. The largest absolute Gasteiger partial charge is 0.460 e. The maximum Gasteiger partial charge on any atom is 0.374 e. The Morgan fingerprint density at radius 2 is 1.83 bits per heavy atom. The van der Waals surface area contributed by atoms with Crippen molar-refractivity contribution >= 4 is 72.5 Å². The van der Waals surface area contributed by atoms with Gasteiger partial charge in [-0.3, -0.25) is 9.10 Å². The van der Waals surface area contributed by atoms with E-state index in [4.69, 9.17) is 9.15 Å². The van der Waals surface area contributed by atoms with Gasteiger partial charge in [0.25, 0.3) is 5.91 Å². The first kappa shape index (κ1) is 33.0. The smallest absolute Gasteiger partial charge is 0.374 e. The molecule has 244 valence electrons. The number of halogens is 1. The lowest BCUT2D eigenvalue weighted by molar-refractivity contribution is 0.0491. The molecular weight excluding hydrogens is 698 g/mol. The summed E-state index contributed by atoms with van der Waals surface area (Å²) in [4.78, 5) is 31.4. The Balaban J connectivity index is 1.32. The van der Waals surface area contributed by atoms with E-state index in [9.17, 15) is 13.8 Å². The molecule has 0 N–H and O–H groups in total. The average Bonchev–Trinajstić information content (AvgIpc) is 3.67. The van der Waals surface area contributed by atoms with Crippen molar-refractivity contribution in [1.29, 1.82) is 0 Å². The maximum absolute atomic E-state index is 14.6. The van der Waals surface area contributed by atoms with Gasteiger partial charge in [-0.2, -0.15) is 0 Å². The normalized spacial score (nSPS) is 15.5. The Morgan fingerprint density at radius 1 is 1.06 bits per heavy atom. The van der Waals surface area contributed by atoms with Crippen molar-refractivity contribution in [3.8, 4) is 0 Å². The van der Waals surface area contributed by atoms with E-state index in [0.29, 0.717) is 53.5 Å². The number of para-hydroxylation sites is 2. The predicted octanol–water partition coefficient (Wildman–Crippen LogP) is 7.86. The third-order valence-electron chi connectivity index (χ3n) is 8.40. The van der Waals surface area contributed by atoms with Crippen LogP contribution in [0.25, 0.3) is 11.0 Å². The number of hydrogen-bond acceptors (Lipinski definition) is 7. The molecule has 0 aliphatic carbocycles. The number of anilines is 2. The highest BCUT2D eigenvalue weighted by Gasteiger charge is 2.31. The van der Waals surface area contributed by atoms with E-state index in [-0.39, 0.29) is 24.3 Å². The number of amides is 1. The first-order valence-electron chi connectivity index (χ1n) is 15.6. The minimum atomic E-state index is -1.60. The number of carbonyl (C=O) groups excluding carboxylic acids is 2. The highest BCUT2D eigenvalue weighted by Crippen LogP contribution is 2.36. The van der Waals surface area contributed by atoms with Gasteiger partial charge in [0, 0.05) is 47.6 Å². The van der Waals surface area contributed by atoms with Crippen molar-refractivity contribution in [1.82, 2.24) is 4.90 Å². The van der Waals surface area contributed by atoms with Crippen LogP contribution in [0.1, 0.15) is 45.2 Å². The topological polar surface area (TPSA) is 83.3 Å². The third kappa shape index (κ3) is 6.88. The summed E-state index contributed by atoms with van der Waals surface area (Å²) in [7, 11) is -1.60. The molecule has 3 aromatic carbocycles. The molecule has 2 atom stereocenters. The van der Waals surface area contributed by atoms with Crippen molar-refractivity contribution in [2.75, 3.05) is 42.0 Å². The van der Waals surface area contributed by atoms with E-state index in [1.807, 2.05) is 70.0 Å². The summed E-state index contributed by atoms with van der Waals surface area (Å²) < 4.78 is 28.4. The summed E-state index contributed by atoms with van der Waals surface area (Å²) in [5, 5.41) is 2.64. The molecule has 1 fully saturated rings. The second kappa shape index (κ2) is 14.5. The Kier molecular flexibility index (Phi) is 10.1. The van der Waals surface area contributed by atoms with Gasteiger partial charge in [-0.1, -0.05) is 42.5 Å². The molecule has 1 unspecified atom stereocenters. The maximum atomic E-state index is 14.6. The van der Waals surface area contributed by atoms with Gasteiger partial charge in [0.1, 0.15) is 10.5 Å². The van der Waals surface area contributed by atoms with Crippen LogP contribution in [0.15, 0.2) is 98.0 Å². The molecule has 1 saturated heterocycles. The minimum absolute atomic E-state index is 0.0308. The van der Waals surface area contributed by atoms with E-state index >= 15 is 0 Å². The van der Waals surface area contributed by atoms with Crippen LogP contribution < -0.4 is 9.21 Å². The number of aryl methyl sites for hydroxylation is 1. The molecule has 1 aliphatic heterocycles. The average molecular weight is 735 g/mol. The molecular formula is C36H36BrN3O5S2. The van der Waals surface area contributed by atoms with Gasteiger partial charge in [-0.15, -0.1) is 11.3 Å². The monoisotopic (exact) mass is 733 g/mol. The fraction of sp³-hybridized carbons (Fsp3) is 0.278. The molecule has 8 nitrogen and oxygen atoms in total. The summed E-state index contributed by atoms with van der Waals surface area (Å²) >= 11 is 4.96. The standard InChI is InChI=1S/C36H36BrN3O5S2/c1-4-44-36(42)33-25(3)28-22-27(14-15-32(28)45-33)47(43)40(18-16-26-10-6-5-7-11-26)31-13-9-8-12-30(31)39-20-19-38(23-24(39)2)35(41)34-29(37)17-21-46-34/h5-15,17,21-22,24H,4,16,18-20,23H2,1-3H3/t24-,47?/m0/s1. The van der Waals surface area contributed by atoms with Crippen LogP contribution in [0.2, 0.25) is 0 Å². The van der Waals surface area contributed by atoms with Crippen LogP contribution in [0.4, 0.5) is 11.4 Å².